The first-order valence-electron chi connectivity index (χ1n) is 10.1. The molecule has 7 heteroatoms. The van der Waals surface area contributed by atoms with Crippen LogP contribution < -0.4 is 10.5 Å². The minimum absolute atomic E-state index is 0.01000. The van der Waals surface area contributed by atoms with Crippen molar-refractivity contribution in [1.82, 2.24) is 9.55 Å². The van der Waals surface area contributed by atoms with Crippen LogP contribution in [0.15, 0.2) is 76.0 Å². The lowest BCUT2D eigenvalue weighted by molar-refractivity contribution is -0.117. The predicted octanol–water partition coefficient (Wildman–Crippen LogP) is 5.20. The number of aromatic nitrogens is 2. The van der Waals surface area contributed by atoms with Gasteiger partial charge in [0.1, 0.15) is 4.83 Å². The van der Waals surface area contributed by atoms with Crippen LogP contribution in [0.1, 0.15) is 13.8 Å². The van der Waals surface area contributed by atoms with Gasteiger partial charge in [-0.1, -0.05) is 60.3 Å². The number of benzene rings is 2. The van der Waals surface area contributed by atoms with Crippen molar-refractivity contribution in [2.45, 2.75) is 24.3 Å². The van der Waals surface area contributed by atoms with Crippen LogP contribution in [0.25, 0.3) is 21.3 Å². The van der Waals surface area contributed by atoms with Gasteiger partial charge in [0.2, 0.25) is 5.91 Å². The molecule has 0 spiro atoms. The Morgan fingerprint density at radius 2 is 1.77 bits per heavy atom. The summed E-state index contributed by atoms with van der Waals surface area (Å²) in [6.07, 6.45) is 0. The number of anilines is 1. The van der Waals surface area contributed by atoms with Gasteiger partial charge in [0.05, 0.1) is 10.6 Å². The van der Waals surface area contributed by atoms with Crippen LogP contribution in [-0.4, -0.2) is 27.3 Å². The van der Waals surface area contributed by atoms with Crippen LogP contribution in [0.5, 0.6) is 0 Å². The number of thioether (sulfide) groups is 1. The first-order valence-corrected chi connectivity index (χ1v) is 11.8. The van der Waals surface area contributed by atoms with Gasteiger partial charge in [-0.25, -0.2) is 4.98 Å². The van der Waals surface area contributed by atoms with Gasteiger partial charge in [0, 0.05) is 30.2 Å². The molecular weight excluding hydrogens is 426 g/mol. The third-order valence-electron chi connectivity index (χ3n) is 5.14. The number of rotatable bonds is 6. The highest BCUT2D eigenvalue weighted by Crippen LogP contribution is 2.33. The van der Waals surface area contributed by atoms with Crippen LogP contribution in [-0.2, 0) is 11.8 Å². The first kappa shape index (κ1) is 21.3. The molecule has 5 nitrogen and oxygen atoms in total. The van der Waals surface area contributed by atoms with Crippen LogP contribution in [0.3, 0.4) is 0 Å². The Morgan fingerprint density at radius 1 is 1.13 bits per heavy atom. The second-order valence-corrected chi connectivity index (χ2v) is 9.30. The normalized spacial score (nSPS) is 12.1. The molecule has 31 heavy (non-hydrogen) atoms. The van der Waals surface area contributed by atoms with E-state index < -0.39 is 0 Å². The lowest BCUT2D eigenvalue weighted by Gasteiger charge is -2.24. The van der Waals surface area contributed by atoms with E-state index in [0.29, 0.717) is 21.9 Å². The number of nitrogens with zero attached hydrogens (tertiary/aromatic N) is 3. The fourth-order valence-electron chi connectivity index (χ4n) is 3.49. The first-order chi connectivity index (χ1) is 15.0. The summed E-state index contributed by atoms with van der Waals surface area (Å²) in [7, 11) is 1.72. The molecule has 2 aromatic heterocycles. The standard InChI is InChI=1S/C24H23N3O2S2/c1-4-27(18-13-9-6-10-14-18)22(28)16(2)31-24-25-21-20(23(29)26(24)3)19(15-30-21)17-11-7-5-8-12-17/h5-16H,4H2,1-3H3. The molecule has 4 aromatic rings. The van der Waals surface area contributed by atoms with Crippen LogP contribution >= 0.6 is 23.1 Å². The molecule has 0 aliphatic rings. The molecule has 1 atom stereocenters. The molecular formula is C24H23N3O2S2. The van der Waals surface area contributed by atoms with Crippen molar-refractivity contribution in [3.63, 3.8) is 0 Å². The molecule has 0 saturated heterocycles. The maximum Gasteiger partial charge on any atom is 0.263 e. The van der Waals surface area contributed by atoms with Gasteiger partial charge < -0.3 is 4.90 Å². The summed E-state index contributed by atoms with van der Waals surface area (Å²) in [4.78, 5) is 33.5. The number of fused-ring (bicyclic) bond motifs is 1. The molecule has 0 aliphatic carbocycles. The zero-order valence-corrected chi connectivity index (χ0v) is 19.2. The maximum absolute atomic E-state index is 13.2. The summed E-state index contributed by atoms with van der Waals surface area (Å²) in [5.41, 5.74) is 2.67. The zero-order chi connectivity index (χ0) is 22.0. The SMILES string of the molecule is CCN(C(=O)C(C)Sc1nc2scc(-c3ccccc3)c2c(=O)n1C)c1ccccc1. The molecule has 1 amide bonds. The van der Waals surface area contributed by atoms with Gasteiger partial charge >= 0.3 is 0 Å². The van der Waals surface area contributed by atoms with E-state index in [2.05, 4.69) is 0 Å². The fraction of sp³-hybridized carbons (Fsp3) is 0.208. The highest BCUT2D eigenvalue weighted by molar-refractivity contribution is 8.00. The number of hydrogen-bond acceptors (Lipinski definition) is 5. The van der Waals surface area contributed by atoms with Gasteiger partial charge in [-0.05, 0) is 31.5 Å². The number of thiophene rings is 1. The number of hydrogen-bond donors (Lipinski definition) is 0. The van der Waals surface area contributed by atoms with Gasteiger partial charge in [-0.15, -0.1) is 11.3 Å². The van der Waals surface area contributed by atoms with E-state index in [4.69, 9.17) is 4.98 Å². The van der Waals surface area contributed by atoms with Crippen molar-refractivity contribution in [1.29, 1.82) is 0 Å². The monoisotopic (exact) mass is 449 g/mol. The largest absolute Gasteiger partial charge is 0.312 e. The maximum atomic E-state index is 13.2. The van der Waals surface area contributed by atoms with Crippen LogP contribution in [0.2, 0.25) is 0 Å². The Kier molecular flexibility index (Phi) is 6.25. The van der Waals surface area contributed by atoms with Gasteiger partial charge in [-0.2, -0.15) is 0 Å². The number of carbonyl (C=O) groups is 1. The Labute approximate surface area is 189 Å². The molecule has 4 rings (SSSR count). The van der Waals surface area contributed by atoms with E-state index in [1.165, 1.54) is 23.1 Å². The average Bonchev–Trinajstić information content (AvgIpc) is 3.23. The minimum atomic E-state index is -0.385. The number of para-hydroxylation sites is 1. The summed E-state index contributed by atoms with van der Waals surface area (Å²) in [5.74, 6) is -0.01000. The highest BCUT2D eigenvalue weighted by atomic mass is 32.2. The number of amides is 1. The molecule has 158 valence electrons. The molecule has 2 heterocycles. The van der Waals surface area contributed by atoms with Crippen molar-refractivity contribution >= 4 is 44.9 Å². The van der Waals surface area contributed by atoms with Crippen molar-refractivity contribution < 1.29 is 4.79 Å². The summed E-state index contributed by atoms with van der Waals surface area (Å²) in [5, 5.41) is 2.76. The van der Waals surface area contributed by atoms with E-state index in [9.17, 15) is 9.59 Å². The second-order valence-electron chi connectivity index (χ2n) is 7.13. The van der Waals surface area contributed by atoms with E-state index in [0.717, 1.165) is 16.8 Å². The fourth-order valence-corrected chi connectivity index (χ4v) is 5.42. The van der Waals surface area contributed by atoms with E-state index in [-0.39, 0.29) is 16.7 Å². The summed E-state index contributed by atoms with van der Waals surface area (Å²) < 4.78 is 1.55. The molecule has 0 radical (unpaired) electrons. The molecule has 0 bridgehead atoms. The van der Waals surface area contributed by atoms with Crippen LogP contribution in [0, 0.1) is 0 Å². The molecule has 2 aromatic carbocycles. The van der Waals surface area contributed by atoms with Crippen molar-refractivity contribution in [2.24, 2.45) is 7.05 Å². The van der Waals surface area contributed by atoms with Gasteiger partial charge in [0.25, 0.3) is 5.56 Å². The molecule has 0 fully saturated rings. The smallest absolute Gasteiger partial charge is 0.263 e. The van der Waals surface area contributed by atoms with Crippen molar-refractivity contribution in [3.8, 4) is 11.1 Å². The lowest BCUT2D eigenvalue weighted by atomic mass is 10.1. The van der Waals surface area contributed by atoms with E-state index in [1.807, 2.05) is 79.9 Å². The summed E-state index contributed by atoms with van der Waals surface area (Å²) in [6, 6.07) is 19.5. The number of carbonyl (C=O) groups excluding carboxylic acids is 1. The third kappa shape index (κ3) is 4.16. The minimum Gasteiger partial charge on any atom is -0.312 e. The Hall–Kier alpha value is -2.90. The second kappa shape index (κ2) is 9.08. The molecule has 1 unspecified atom stereocenters. The summed E-state index contributed by atoms with van der Waals surface area (Å²) in [6.45, 7) is 4.39. The predicted molar refractivity (Wildman–Crippen MR) is 130 cm³/mol. The topological polar surface area (TPSA) is 55.2 Å². The Morgan fingerprint density at radius 3 is 2.42 bits per heavy atom. The lowest BCUT2D eigenvalue weighted by Crippen LogP contribution is -2.36. The Bertz CT molecular complexity index is 1270. The molecule has 0 N–H and O–H groups in total. The third-order valence-corrected chi connectivity index (χ3v) is 7.14. The zero-order valence-electron chi connectivity index (χ0n) is 17.6. The molecule has 0 saturated carbocycles. The van der Waals surface area contributed by atoms with Crippen molar-refractivity contribution in [2.75, 3.05) is 11.4 Å². The van der Waals surface area contributed by atoms with Crippen molar-refractivity contribution in [3.05, 3.63) is 76.4 Å². The van der Waals surface area contributed by atoms with E-state index in [1.54, 1.807) is 16.5 Å². The average molecular weight is 450 g/mol. The van der Waals surface area contributed by atoms with E-state index >= 15 is 0 Å². The Balaban J connectivity index is 1.65. The van der Waals surface area contributed by atoms with Gasteiger partial charge in [0.15, 0.2) is 5.16 Å². The highest BCUT2D eigenvalue weighted by Gasteiger charge is 2.24. The molecule has 0 aliphatic heterocycles. The van der Waals surface area contributed by atoms with Gasteiger partial charge in [-0.3, -0.25) is 14.2 Å². The van der Waals surface area contributed by atoms with Crippen LogP contribution in [0.4, 0.5) is 5.69 Å². The quantitative estimate of drug-likeness (QED) is 0.300. The summed E-state index contributed by atoms with van der Waals surface area (Å²) >= 11 is 2.77.